The highest BCUT2D eigenvalue weighted by molar-refractivity contribution is 9.09. The molecule has 1 fully saturated rings. The van der Waals surface area contributed by atoms with Crippen molar-refractivity contribution < 1.29 is 14.6 Å². The second-order valence-electron chi connectivity index (χ2n) is 6.71. The number of thiocarbonyl (C=S) groups is 1. The first-order valence-corrected chi connectivity index (χ1v) is 11.3. The highest BCUT2D eigenvalue weighted by Gasteiger charge is 2.38. The largest absolute Gasteiger partial charge is 0.477 e. The Balaban J connectivity index is 1.54. The molecule has 3 atom stereocenters. The molecule has 0 radical (unpaired) electrons. The van der Waals surface area contributed by atoms with Gasteiger partial charge in [-0.05, 0) is 59.9 Å². The number of aryl methyl sites for hydroxylation is 1. The van der Waals surface area contributed by atoms with Gasteiger partial charge < -0.3 is 9.84 Å². The summed E-state index contributed by atoms with van der Waals surface area (Å²) in [5, 5.41) is 9.76. The van der Waals surface area contributed by atoms with Crippen molar-refractivity contribution in [2.24, 2.45) is 11.8 Å². The van der Waals surface area contributed by atoms with E-state index < -0.39 is 5.97 Å². The van der Waals surface area contributed by atoms with Crippen molar-refractivity contribution in [2.75, 3.05) is 6.61 Å². The molecule has 0 saturated heterocycles. The van der Waals surface area contributed by atoms with Crippen LogP contribution in [-0.2, 0) is 17.8 Å². The van der Waals surface area contributed by atoms with Gasteiger partial charge in [0.05, 0.1) is 13.2 Å². The maximum atomic E-state index is 11.0. The zero-order chi connectivity index (χ0) is 19.4. The normalized spacial score (nSPS) is 22.3. The fraction of sp³-hybridized carbons (Fsp3) is 0.400. The second-order valence-corrected chi connectivity index (χ2v) is 10.0. The molecule has 2 aromatic rings. The minimum atomic E-state index is -0.893. The minimum absolute atomic E-state index is 0.332. The molecule has 0 spiro atoms. The SMILES string of the molecule is O=C(O)c1ccc(COC[C@H]2C(Br)CC(=S)[C@@H]2CCc2ccc(Cl)cc2)s1. The number of hydrogen-bond donors (Lipinski definition) is 1. The zero-order valence-corrected chi connectivity index (χ0v) is 18.5. The standard InChI is InChI=1S/C20H20BrClO3S2/c21-17-9-18(26)15(7-3-12-1-4-13(22)5-2-12)16(17)11-25-10-14-6-8-19(27-14)20(23)24/h1-2,4-6,8,15-17H,3,7,9-11H2,(H,23,24)/t15-,16-,17?/m1/s1. The molecule has 1 aliphatic rings. The lowest BCUT2D eigenvalue weighted by atomic mass is 9.90. The van der Waals surface area contributed by atoms with Crippen molar-refractivity contribution in [3.05, 3.63) is 56.7 Å². The summed E-state index contributed by atoms with van der Waals surface area (Å²) in [5.74, 6) is -0.211. The van der Waals surface area contributed by atoms with Crippen molar-refractivity contribution in [2.45, 2.75) is 30.7 Å². The molecule has 3 rings (SSSR count). The molecule has 1 aromatic heterocycles. The van der Waals surface area contributed by atoms with Crippen molar-refractivity contribution in [3.63, 3.8) is 0 Å². The average Bonchev–Trinajstić information content (AvgIpc) is 3.20. The van der Waals surface area contributed by atoms with Crippen molar-refractivity contribution >= 4 is 61.9 Å². The lowest BCUT2D eigenvalue weighted by Crippen LogP contribution is -2.23. The van der Waals surface area contributed by atoms with Gasteiger partial charge in [0, 0.05) is 20.6 Å². The van der Waals surface area contributed by atoms with Crippen LogP contribution in [0.2, 0.25) is 5.02 Å². The van der Waals surface area contributed by atoms with E-state index in [2.05, 4.69) is 28.1 Å². The molecule has 1 aliphatic carbocycles. The first-order valence-electron chi connectivity index (χ1n) is 8.75. The van der Waals surface area contributed by atoms with E-state index in [4.69, 9.17) is 33.7 Å². The number of benzene rings is 1. The molecule has 3 nitrogen and oxygen atoms in total. The first-order chi connectivity index (χ1) is 12.9. The summed E-state index contributed by atoms with van der Waals surface area (Å²) in [5.41, 5.74) is 1.26. The van der Waals surface area contributed by atoms with Crippen LogP contribution in [0.25, 0.3) is 0 Å². The number of carboxylic acid groups (broad SMARTS) is 1. The molecule has 0 bridgehead atoms. The van der Waals surface area contributed by atoms with E-state index in [1.807, 2.05) is 18.2 Å². The summed E-state index contributed by atoms with van der Waals surface area (Å²) >= 11 is 16.6. The van der Waals surface area contributed by atoms with Crippen molar-refractivity contribution in [1.29, 1.82) is 0 Å². The average molecular weight is 488 g/mol. The van der Waals surface area contributed by atoms with E-state index in [1.165, 1.54) is 16.9 Å². The van der Waals surface area contributed by atoms with Gasteiger partial charge in [0.15, 0.2) is 0 Å². The van der Waals surface area contributed by atoms with Gasteiger partial charge in [-0.15, -0.1) is 11.3 Å². The third-order valence-corrected chi connectivity index (χ3v) is 7.65. The molecule has 7 heteroatoms. The molecule has 27 heavy (non-hydrogen) atoms. The fourth-order valence-corrected chi connectivity index (χ4v) is 5.89. The maximum absolute atomic E-state index is 11.0. The topological polar surface area (TPSA) is 46.5 Å². The smallest absolute Gasteiger partial charge is 0.345 e. The molecule has 1 aromatic carbocycles. The number of carboxylic acids is 1. The third-order valence-electron chi connectivity index (χ3n) is 4.88. The zero-order valence-electron chi connectivity index (χ0n) is 14.6. The van der Waals surface area contributed by atoms with Crippen LogP contribution in [0.3, 0.4) is 0 Å². The molecular weight excluding hydrogens is 468 g/mol. The summed E-state index contributed by atoms with van der Waals surface area (Å²) < 4.78 is 5.92. The third kappa shape index (κ3) is 5.61. The van der Waals surface area contributed by atoms with Gasteiger partial charge in [-0.1, -0.05) is 51.9 Å². The van der Waals surface area contributed by atoms with Crippen molar-refractivity contribution in [3.8, 4) is 0 Å². The van der Waals surface area contributed by atoms with Crippen LogP contribution in [0.1, 0.15) is 33.0 Å². The van der Waals surface area contributed by atoms with Crippen LogP contribution >= 0.6 is 51.1 Å². The van der Waals surface area contributed by atoms with Crippen LogP contribution in [0.15, 0.2) is 36.4 Å². The van der Waals surface area contributed by atoms with E-state index in [0.717, 1.165) is 34.0 Å². The van der Waals surface area contributed by atoms with E-state index in [0.29, 0.717) is 34.8 Å². The Morgan fingerprint density at radius 3 is 2.70 bits per heavy atom. The minimum Gasteiger partial charge on any atom is -0.477 e. The molecule has 0 amide bonds. The summed E-state index contributed by atoms with van der Waals surface area (Å²) in [7, 11) is 0. The number of rotatable bonds is 8. The Bertz CT molecular complexity index is 806. The van der Waals surface area contributed by atoms with Crippen LogP contribution in [0.4, 0.5) is 0 Å². The number of halogens is 2. The first kappa shape index (κ1) is 20.9. The lowest BCUT2D eigenvalue weighted by Gasteiger charge is -2.22. The van der Waals surface area contributed by atoms with Gasteiger partial charge in [0.2, 0.25) is 0 Å². The molecule has 1 N–H and O–H groups in total. The van der Waals surface area contributed by atoms with Gasteiger partial charge in [-0.25, -0.2) is 4.79 Å². The number of aromatic carboxylic acids is 1. The van der Waals surface area contributed by atoms with Gasteiger partial charge in [0.25, 0.3) is 0 Å². The second kappa shape index (κ2) is 9.61. The highest BCUT2D eigenvalue weighted by atomic mass is 79.9. The lowest BCUT2D eigenvalue weighted by molar-refractivity contribution is 0.0702. The molecule has 1 heterocycles. The molecule has 1 saturated carbocycles. The van der Waals surface area contributed by atoms with Crippen LogP contribution in [0.5, 0.6) is 0 Å². The number of ether oxygens (including phenoxy) is 1. The predicted molar refractivity (Wildman–Crippen MR) is 118 cm³/mol. The maximum Gasteiger partial charge on any atom is 0.345 e. The summed E-state index contributed by atoms with van der Waals surface area (Å²) in [6, 6.07) is 11.4. The Kier molecular flexibility index (Phi) is 7.45. The number of alkyl halides is 1. The van der Waals surface area contributed by atoms with Crippen LogP contribution in [-0.4, -0.2) is 27.4 Å². The molecular formula is C20H20BrClO3S2. The molecule has 0 aliphatic heterocycles. The Morgan fingerprint density at radius 1 is 1.30 bits per heavy atom. The van der Waals surface area contributed by atoms with Crippen LogP contribution in [0, 0.1) is 11.8 Å². The van der Waals surface area contributed by atoms with Crippen LogP contribution < -0.4 is 0 Å². The summed E-state index contributed by atoms with van der Waals surface area (Å²) in [6.45, 7) is 1.05. The quantitative estimate of drug-likeness (QED) is 0.365. The van der Waals surface area contributed by atoms with Gasteiger partial charge in [-0.3, -0.25) is 0 Å². The Labute approximate surface area is 181 Å². The number of thiophene rings is 1. The highest BCUT2D eigenvalue weighted by Crippen LogP contribution is 2.38. The molecule has 1 unspecified atom stereocenters. The predicted octanol–water partition coefficient (Wildman–Crippen LogP) is 6.02. The van der Waals surface area contributed by atoms with Gasteiger partial charge in [-0.2, -0.15) is 0 Å². The Morgan fingerprint density at radius 2 is 2.04 bits per heavy atom. The van der Waals surface area contributed by atoms with Gasteiger partial charge >= 0.3 is 5.97 Å². The number of hydrogen-bond acceptors (Lipinski definition) is 4. The summed E-state index contributed by atoms with van der Waals surface area (Å²) in [6.07, 6.45) is 2.86. The van der Waals surface area contributed by atoms with E-state index in [-0.39, 0.29) is 0 Å². The van der Waals surface area contributed by atoms with E-state index in [1.54, 1.807) is 6.07 Å². The van der Waals surface area contributed by atoms with E-state index >= 15 is 0 Å². The fourth-order valence-electron chi connectivity index (χ4n) is 3.42. The monoisotopic (exact) mass is 486 g/mol. The molecule has 144 valence electrons. The van der Waals surface area contributed by atoms with Gasteiger partial charge in [0.1, 0.15) is 4.88 Å². The Hall–Kier alpha value is -0.790. The number of carbonyl (C=O) groups is 1. The van der Waals surface area contributed by atoms with E-state index in [9.17, 15) is 4.79 Å². The van der Waals surface area contributed by atoms with Crippen molar-refractivity contribution in [1.82, 2.24) is 0 Å². The summed E-state index contributed by atoms with van der Waals surface area (Å²) in [4.78, 5) is 13.7.